The Hall–Kier alpha value is -5.88. The molecular formula is C53H80N6O12. The first-order valence-electron chi connectivity index (χ1n) is 24.7. The molecule has 18 nitrogen and oxygen atoms in total. The summed E-state index contributed by atoms with van der Waals surface area (Å²) in [6.45, 7) is 19.1. The van der Waals surface area contributed by atoms with Gasteiger partial charge in [-0.3, -0.25) is 28.8 Å². The molecule has 2 aromatic rings. The first-order valence-corrected chi connectivity index (χ1v) is 24.7. The molecule has 0 aromatic heterocycles. The van der Waals surface area contributed by atoms with Crippen LogP contribution < -0.4 is 27.0 Å². The zero-order valence-electron chi connectivity index (χ0n) is 43.7. The van der Waals surface area contributed by atoms with Gasteiger partial charge in [0.2, 0.25) is 11.8 Å². The SMILES string of the molecule is CC(C)CC(C(=O)NC(CCCCNC(=O)OC(C)(C)C)C(=O)N1CCC(C(=O)O)(C(=O)OC(C)(C)C)CC1N)C(=O)C(Cc1ccccc1)C(=O)C(Cc1ccccc1)NCCNC(=O)OC(C)(C)C. The molecule has 1 aliphatic rings. The number of hydrogen-bond donors (Lipinski definition) is 6. The number of alkyl carbamates (subject to hydrolysis) is 2. The number of esters is 1. The monoisotopic (exact) mass is 993 g/mol. The highest BCUT2D eigenvalue weighted by Gasteiger charge is 2.54. The molecule has 7 N–H and O–H groups in total. The smallest absolute Gasteiger partial charge is 0.407 e. The number of hydrogen-bond acceptors (Lipinski definition) is 13. The number of carbonyl (C=O) groups excluding carboxylic acids is 7. The molecule has 1 aliphatic heterocycles. The highest BCUT2D eigenvalue weighted by atomic mass is 16.6. The van der Waals surface area contributed by atoms with E-state index in [1.165, 1.54) is 4.90 Å². The number of nitrogens with two attached hydrogens (primary N) is 1. The molecule has 3 rings (SSSR count). The van der Waals surface area contributed by atoms with Crippen LogP contribution in [0.2, 0.25) is 0 Å². The minimum absolute atomic E-state index is 0.0231. The van der Waals surface area contributed by atoms with Crippen LogP contribution in [0.4, 0.5) is 9.59 Å². The van der Waals surface area contributed by atoms with E-state index in [9.17, 15) is 33.9 Å². The summed E-state index contributed by atoms with van der Waals surface area (Å²) in [5.41, 5.74) is 3.56. The van der Waals surface area contributed by atoms with Crippen molar-refractivity contribution in [1.29, 1.82) is 0 Å². The third-order valence-corrected chi connectivity index (χ3v) is 11.6. The molecule has 0 bridgehead atoms. The molecule has 4 amide bonds. The fraction of sp³-hybridized carbons (Fsp3) is 0.623. The lowest BCUT2D eigenvalue weighted by molar-refractivity contribution is -0.183. The van der Waals surface area contributed by atoms with Gasteiger partial charge in [0, 0.05) is 32.6 Å². The number of likely N-dealkylation sites (tertiary alicyclic amines) is 1. The standard InChI is InChI=1S/C53H80N6O12/c1-34(2)30-38(42(60)37(31-35-20-14-12-15-21-35)43(61)40(32-36-22-16-13-17-23-36)55-27-28-57-49(68)71-52(9,10)11)44(62)58-39(24-18-19-26-56-48(67)70-51(6,7)8)45(63)59-29-25-53(46(64)65,33-41(59)54)47(66)69-50(3,4)5/h12-17,20-23,34,37-41,55H,18-19,24-33,54H2,1-11H3,(H,56,67)(H,57,68)(H,58,62)(H,64,65). The number of carbonyl (C=O) groups is 8. The summed E-state index contributed by atoms with van der Waals surface area (Å²) in [4.78, 5) is 112. The predicted octanol–water partition coefficient (Wildman–Crippen LogP) is 5.87. The summed E-state index contributed by atoms with van der Waals surface area (Å²) in [6.07, 6.45) is -2.44. The Kier molecular flexibility index (Phi) is 22.2. The quantitative estimate of drug-likeness (QED) is 0.0311. The number of ketones is 2. The van der Waals surface area contributed by atoms with Crippen LogP contribution in [0.15, 0.2) is 60.7 Å². The van der Waals surface area contributed by atoms with Crippen LogP contribution in [0, 0.1) is 23.2 Å². The first-order chi connectivity index (χ1) is 33.0. The van der Waals surface area contributed by atoms with Gasteiger partial charge in [-0.2, -0.15) is 0 Å². The maximum absolute atomic E-state index is 15.2. The number of piperidine rings is 1. The van der Waals surface area contributed by atoms with Crippen molar-refractivity contribution in [2.24, 2.45) is 28.9 Å². The Morgan fingerprint density at radius 2 is 1.21 bits per heavy atom. The van der Waals surface area contributed by atoms with Crippen LogP contribution in [-0.2, 0) is 55.8 Å². The van der Waals surface area contributed by atoms with E-state index in [0.29, 0.717) is 18.4 Å². The van der Waals surface area contributed by atoms with Gasteiger partial charge in [0.25, 0.3) is 0 Å². The van der Waals surface area contributed by atoms with Gasteiger partial charge in [0.15, 0.2) is 17.0 Å². The molecule has 71 heavy (non-hydrogen) atoms. The zero-order chi connectivity index (χ0) is 53.3. The van der Waals surface area contributed by atoms with Crippen molar-refractivity contribution in [3.05, 3.63) is 71.8 Å². The van der Waals surface area contributed by atoms with Crippen molar-refractivity contribution in [2.45, 2.75) is 163 Å². The lowest BCUT2D eigenvalue weighted by atomic mass is 9.76. The van der Waals surface area contributed by atoms with Gasteiger partial charge in [-0.1, -0.05) is 74.5 Å². The Balaban J connectivity index is 2.01. The number of nitrogens with one attached hydrogen (secondary N) is 4. The van der Waals surface area contributed by atoms with Gasteiger partial charge >= 0.3 is 24.1 Å². The summed E-state index contributed by atoms with van der Waals surface area (Å²) >= 11 is 0. The molecule has 18 heteroatoms. The van der Waals surface area contributed by atoms with Crippen molar-refractivity contribution < 1.29 is 57.7 Å². The van der Waals surface area contributed by atoms with Crippen LogP contribution in [0.25, 0.3) is 0 Å². The van der Waals surface area contributed by atoms with Gasteiger partial charge in [0.05, 0.1) is 24.0 Å². The number of nitrogens with zero attached hydrogens (tertiary/aromatic N) is 1. The van der Waals surface area contributed by atoms with Gasteiger partial charge < -0.3 is 51.2 Å². The molecule has 6 atom stereocenters. The van der Waals surface area contributed by atoms with Gasteiger partial charge in [0.1, 0.15) is 22.8 Å². The van der Waals surface area contributed by atoms with Crippen molar-refractivity contribution in [3.63, 3.8) is 0 Å². The molecular weight excluding hydrogens is 913 g/mol. The third kappa shape index (κ3) is 20.0. The molecule has 1 heterocycles. The minimum Gasteiger partial charge on any atom is -0.480 e. The summed E-state index contributed by atoms with van der Waals surface area (Å²) in [6, 6.07) is 16.0. The minimum atomic E-state index is -2.04. The predicted molar refractivity (Wildman–Crippen MR) is 268 cm³/mol. The van der Waals surface area contributed by atoms with Gasteiger partial charge in [-0.25, -0.2) is 9.59 Å². The molecule has 6 unspecified atom stereocenters. The average molecular weight is 993 g/mol. The van der Waals surface area contributed by atoms with E-state index < -0.39 is 106 Å². The molecule has 2 aromatic carbocycles. The second-order valence-electron chi connectivity index (χ2n) is 21.8. The summed E-state index contributed by atoms with van der Waals surface area (Å²) in [5.74, 6) is -7.90. The van der Waals surface area contributed by atoms with E-state index in [1.807, 2.05) is 50.2 Å². The summed E-state index contributed by atoms with van der Waals surface area (Å²) < 4.78 is 16.2. The normalized spacial score (nSPS) is 18.0. The largest absolute Gasteiger partial charge is 0.480 e. The van der Waals surface area contributed by atoms with Crippen molar-refractivity contribution in [3.8, 4) is 0 Å². The van der Waals surface area contributed by atoms with Gasteiger partial charge in [-0.15, -0.1) is 0 Å². The number of carboxylic acid groups (broad SMARTS) is 1. The van der Waals surface area contributed by atoms with Crippen molar-refractivity contribution >= 4 is 47.5 Å². The van der Waals surface area contributed by atoms with Crippen LogP contribution in [-0.4, -0.2) is 119 Å². The third-order valence-electron chi connectivity index (χ3n) is 11.6. The molecule has 1 saturated heterocycles. The Labute approximate surface area is 419 Å². The number of aliphatic carboxylic acids is 1. The number of rotatable bonds is 24. The first kappa shape index (κ1) is 59.4. The number of ether oxygens (including phenoxy) is 3. The average Bonchev–Trinajstić information content (AvgIpc) is 3.25. The molecule has 0 saturated carbocycles. The van der Waals surface area contributed by atoms with E-state index >= 15 is 9.59 Å². The molecule has 394 valence electrons. The zero-order valence-corrected chi connectivity index (χ0v) is 43.7. The molecule has 0 radical (unpaired) electrons. The van der Waals surface area contributed by atoms with E-state index in [0.717, 1.165) is 5.56 Å². The molecule has 0 aliphatic carbocycles. The maximum Gasteiger partial charge on any atom is 0.407 e. The fourth-order valence-electron chi connectivity index (χ4n) is 8.22. The fourth-order valence-corrected chi connectivity index (χ4v) is 8.22. The second kappa shape index (κ2) is 26.5. The summed E-state index contributed by atoms with van der Waals surface area (Å²) in [7, 11) is 0. The Bertz CT molecular complexity index is 2110. The van der Waals surface area contributed by atoms with E-state index in [2.05, 4.69) is 21.3 Å². The molecule has 0 spiro atoms. The highest BCUT2D eigenvalue weighted by Crippen LogP contribution is 2.37. The second-order valence-corrected chi connectivity index (χ2v) is 21.8. The Morgan fingerprint density at radius 1 is 0.690 bits per heavy atom. The molecule has 1 fully saturated rings. The van der Waals surface area contributed by atoms with Crippen molar-refractivity contribution in [2.75, 3.05) is 26.2 Å². The van der Waals surface area contributed by atoms with Crippen molar-refractivity contribution in [1.82, 2.24) is 26.2 Å². The number of unbranched alkanes of at least 4 members (excludes halogenated alkanes) is 1. The topological polar surface area (TPSA) is 262 Å². The lowest BCUT2D eigenvalue weighted by Gasteiger charge is -2.43. The maximum atomic E-state index is 15.2. The van der Waals surface area contributed by atoms with Gasteiger partial charge in [-0.05, 0) is 124 Å². The number of benzene rings is 2. The number of amides is 4. The van der Waals surface area contributed by atoms with Crippen LogP contribution in [0.3, 0.4) is 0 Å². The highest BCUT2D eigenvalue weighted by molar-refractivity contribution is 6.13. The Morgan fingerprint density at radius 3 is 1.70 bits per heavy atom. The lowest BCUT2D eigenvalue weighted by Crippen LogP contribution is -2.62. The van der Waals surface area contributed by atoms with Crippen LogP contribution >= 0.6 is 0 Å². The number of carboxylic acids is 1. The van der Waals surface area contributed by atoms with Crippen LogP contribution in [0.5, 0.6) is 0 Å². The number of Topliss-reactive ketones (excluding diaryl/α,β-unsaturated/α-hetero) is 2. The van der Waals surface area contributed by atoms with Crippen LogP contribution in [0.1, 0.15) is 126 Å². The van der Waals surface area contributed by atoms with E-state index in [-0.39, 0.29) is 64.2 Å². The summed E-state index contributed by atoms with van der Waals surface area (Å²) in [5, 5.41) is 21.8. The van der Waals surface area contributed by atoms with E-state index in [1.54, 1.807) is 86.6 Å². The van der Waals surface area contributed by atoms with E-state index in [4.69, 9.17) is 19.9 Å².